The molecule has 0 radical (unpaired) electrons. The molecule has 1 aromatic rings. The molecule has 1 rings (SSSR count). The van der Waals surface area contributed by atoms with Crippen LogP contribution >= 0.6 is 0 Å². The number of carboxylic acids is 1. The van der Waals surface area contributed by atoms with Crippen molar-refractivity contribution in [1.82, 2.24) is 4.98 Å². The summed E-state index contributed by atoms with van der Waals surface area (Å²) in [6, 6.07) is 2.20. The van der Waals surface area contributed by atoms with E-state index in [9.17, 15) is 13.6 Å². The molecule has 1 N–H and O–H groups in total. The van der Waals surface area contributed by atoms with Gasteiger partial charge in [-0.05, 0) is 12.1 Å². The van der Waals surface area contributed by atoms with Gasteiger partial charge >= 0.3 is 5.97 Å². The first-order chi connectivity index (χ1) is 6.02. The Hall–Kier alpha value is -1.52. The lowest BCUT2D eigenvalue weighted by molar-refractivity contribution is -0.145. The summed E-state index contributed by atoms with van der Waals surface area (Å²) in [5.74, 6) is -4.85. The minimum atomic E-state index is -3.32. The van der Waals surface area contributed by atoms with Crippen LogP contribution in [0, 0.1) is 0 Å². The van der Waals surface area contributed by atoms with E-state index in [1.54, 1.807) is 0 Å². The molecular formula is C8H7F2NO2. The van der Waals surface area contributed by atoms with E-state index in [1.165, 1.54) is 12.4 Å². The summed E-state index contributed by atoms with van der Waals surface area (Å²) >= 11 is 0. The van der Waals surface area contributed by atoms with Crippen LogP contribution in [0.4, 0.5) is 8.78 Å². The zero-order chi connectivity index (χ0) is 9.90. The number of aliphatic carboxylic acids is 1. The first-order valence-corrected chi connectivity index (χ1v) is 3.52. The Bertz CT molecular complexity index is 300. The highest BCUT2D eigenvalue weighted by Crippen LogP contribution is 2.30. The number of aromatic nitrogens is 1. The van der Waals surface area contributed by atoms with Crippen molar-refractivity contribution < 1.29 is 18.7 Å². The lowest BCUT2D eigenvalue weighted by Gasteiger charge is -2.13. The zero-order valence-corrected chi connectivity index (χ0v) is 6.58. The summed E-state index contributed by atoms with van der Waals surface area (Å²) in [5.41, 5.74) is -0.329. The van der Waals surface area contributed by atoms with Crippen LogP contribution in [0.5, 0.6) is 0 Å². The van der Waals surface area contributed by atoms with Gasteiger partial charge in [-0.15, -0.1) is 0 Å². The molecule has 0 amide bonds. The molecule has 0 spiro atoms. The Kier molecular flexibility index (Phi) is 2.55. The van der Waals surface area contributed by atoms with Crippen LogP contribution in [0.3, 0.4) is 0 Å². The average molecular weight is 187 g/mol. The van der Waals surface area contributed by atoms with E-state index in [0.29, 0.717) is 0 Å². The van der Waals surface area contributed by atoms with Crippen molar-refractivity contribution >= 4 is 5.97 Å². The Morgan fingerprint density at radius 3 is 2.46 bits per heavy atom. The van der Waals surface area contributed by atoms with E-state index in [2.05, 4.69) is 4.98 Å². The first kappa shape index (κ1) is 9.57. The second kappa shape index (κ2) is 3.47. The van der Waals surface area contributed by atoms with Gasteiger partial charge in [-0.3, -0.25) is 9.78 Å². The second-order valence-electron chi connectivity index (χ2n) is 2.51. The number of nitrogens with zero attached hydrogens (tertiary/aromatic N) is 1. The molecule has 70 valence electrons. The quantitative estimate of drug-likeness (QED) is 0.782. The van der Waals surface area contributed by atoms with Gasteiger partial charge in [-0.1, -0.05) is 0 Å². The van der Waals surface area contributed by atoms with Crippen molar-refractivity contribution in [2.75, 3.05) is 0 Å². The van der Waals surface area contributed by atoms with Crippen molar-refractivity contribution in [1.29, 1.82) is 0 Å². The van der Waals surface area contributed by atoms with Gasteiger partial charge in [-0.2, -0.15) is 0 Å². The van der Waals surface area contributed by atoms with Crippen LogP contribution in [0.25, 0.3) is 0 Å². The van der Waals surface area contributed by atoms with E-state index in [4.69, 9.17) is 5.11 Å². The second-order valence-corrected chi connectivity index (χ2v) is 2.51. The molecular weight excluding hydrogens is 180 g/mol. The van der Waals surface area contributed by atoms with Crippen LogP contribution < -0.4 is 0 Å². The number of pyridine rings is 1. The van der Waals surface area contributed by atoms with Crippen LogP contribution in [0.1, 0.15) is 12.0 Å². The van der Waals surface area contributed by atoms with E-state index in [1.807, 2.05) is 0 Å². The third kappa shape index (κ3) is 2.47. The normalized spacial score (nSPS) is 11.2. The van der Waals surface area contributed by atoms with E-state index in [0.717, 1.165) is 12.1 Å². The topological polar surface area (TPSA) is 50.2 Å². The molecule has 13 heavy (non-hydrogen) atoms. The Morgan fingerprint density at radius 1 is 1.46 bits per heavy atom. The van der Waals surface area contributed by atoms with Crippen LogP contribution in [-0.4, -0.2) is 16.1 Å². The molecule has 0 unspecified atom stereocenters. The molecule has 0 saturated carbocycles. The Balaban J connectivity index is 2.87. The Labute approximate surface area is 73.0 Å². The molecule has 3 nitrogen and oxygen atoms in total. The largest absolute Gasteiger partial charge is 0.481 e. The van der Waals surface area contributed by atoms with Crippen LogP contribution in [0.2, 0.25) is 0 Å². The van der Waals surface area contributed by atoms with Gasteiger partial charge in [0.1, 0.15) is 6.42 Å². The van der Waals surface area contributed by atoms with Crippen molar-refractivity contribution in [3.63, 3.8) is 0 Å². The Morgan fingerprint density at radius 2 is 2.00 bits per heavy atom. The average Bonchev–Trinajstić information content (AvgIpc) is 2.04. The molecule has 1 aromatic heterocycles. The minimum Gasteiger partial charge on any atom is -0.481 e. The summed E-state index contributed by atoms with van der Waals surface area (Å²) in [4.78, 5) is 13.6. The molecule has 0 fully saturated rings. The highest BCUT2D eigenvalue weighted by Gasteiger charge is 2.34. The predicted molar refractivity (Wildman–Crippen MR) is 40.4 cm³/mol. The molecule has 0 atom stereocenters. The lowest BCUT2D eigenvalue weighted by atomic mass is 10.1. The molecule has 0 aliphatic heterocycles. The monoisotopic (exact) mass is 187 g/mol. The summed E-state index contributed by atoms with van der Waals surface area (Å²) in [6.07, 6.45) is 1.20. The predicted octanol–water partition coefficient (Wildman–Crippen LogP) is 1.65. The number of carboxylic acid groups (broad SMARTS) is 1. The summed E-state index contributed by atoms with van der Waals surface area (Å²) in [6.45, 7) is 0. The van der Waals surface area contributed by atoms with Gasteiger partial charge in [0.25, 0.3) is 5.92 Å². The maximum atomic E-state index is 13.0. The van der Waals surface area contributed by atoms with Crippen molar-refractivity contribution in [2.45, 2.75) is 12.3 Å². The van der Waals surface area contributed by atoms with Crippen LogP contribution in [0.15, 0.2) is 24.5 Å². The van der Waals surface area contributed by atoms with Gasteiger partial charge in [0.15, 0.2) is 0 Å². The summed E-state index contributed by atoms with van der Waals surface area (Å²) in [7, 11) is 0. The third-order valence-electron chi connectivity index (χ3n) is 1.48. The van der Waals surface area contributed by atoms with Gasteiger partial charge in [0.05, 0.1) is 0 Å². The van der Waals surface area contributed by atoms with Gasteiger partial charge in [-0.25, -0.2) is 8.78 Å². The third-order valence-corrected chi connectivity index (χ3v) is 1.48. The number of hydrogen-bond donors (Lipinski definition) is 1. The summed E-state index contributed by atoms with van der Waals surface area (Å²) < 4.78 is 26.0. The maximum Gasteiger partial charge on any atom is 0.309 e. The molecule has 0 bridgehead atoms. The highest BCUT2D eigenvalue weighted by atomic mass is 19.3. The van der Waals surface area contributed by atoms with Gasteiger partial charge in [0.2, 0.25) is 0 Å². The number of alkyl halides is 2. The van der Waals surface area contributed by atoms with Gasteiger partial charge in [0, 0.05) is 18.0 Å². The van der Waals surface area contributed by atoms with E-state index in [-0.39, 0.29) is 5.56 Å². The van der Waals surface area contributed by atoms with Crippen molar-refractivity contribution in [2.24, 2.45) is 0 Å². The van der Waals surface area contributed by atoms with E-state index < -0.39 is 18.3 Å². The molecule has 5 heteroatoms. The molecule has 0 aromatic carbocycles. The molecule has 0 aliphatic rings. The fourth-order valence-electron chi connectivity index (χ4n) is 0.888. The van der Waals surface area contributed by atoms with Crippen molar-refractivity contribution in [3.05, 3.63) is 30.1 Å². The summed E-state index contributed by atoms with van der Waals surface area (Å²) in [5, 5.41) is 8.21. The maximum absolute atomic E-state index is 13.0. The fraction of sp³-hybridized carbons (Fsp3) is 0.250. The van der Waals surface area contributed by atoms with E-state index >= 15 is 0 Å². The van der Waals surface area contributed by atoms with Gasteiger partial charge < -0.3 is 5.11 Å². The number of rotatable bonds is 3. The first-order valence-electron chi connectivity index (χ1n) is 3.52. The number of carbonyl (C=O) groups is 1. The number of halogens is 2. The molecule has 0 aliphatic carbocycles. The van der Waals surface area contributed by atoms with Crippen molar-refractivity contribution in [3.8, 4) is 0 Å². The minimum absolute atomic E-state index is 0.329. The fourth-order valence-corrected chi connectivity index (χ4v) is 0.888. The molecule has 0 saturated heterocycles. The highest BCUT2D eigenvalue weighted by molar-refractivity contribution is 5.68. The number of hydrogen-bond acceptors (Lipinski definition) is 2. The van der Waals surface area contributed by atoms with Crippen LogP contribution in [-0.2, 0) is 10.7 Å². The lowest BCUT2D eigenvalue weighted by Crippen LogP contribution is -2.18. The smallest absolute Gasteiger partial charge is 0.309 e. The molecule has 1 heterocycles. The zero-order valence-electron chi connectivity index (χ0n) is 6.58. The SMILES string of the molecule is O=C(O)CC(F)(F)c1ccncc1. The standard InChI is InChI=1S/C8H7F2NO2/c9-8(10,5-7(12)13)6-1-3-11-4-2-6/h1-4H,5H2,(H,12,13).